The number of hydrogen-bond donors (Lipinski definition) is 5. The SMILES string of the molecule is N=C(N)c1ccc2[nH]c(-c3cccc(OCC4CCCN4C(=O)CO)c3O)nc2c1. The fourth-order valence-corrected chi connectivity index (χ4v) is 3.74. The predicted molar refractivity (Wildman–Crippen MR) is 112 cm³/mol. The number of imidazole rings is 1. The minimum atomic E-state index is -0.519. The Kier molecular flexibility index (Phi) is 5.28. The second-order valence-electron chi connectivity index (χ2n) is 7.24. The van der Waals surface area contributed by atoms with E-state index >= 15 is 0 Å². The molecule has 1 aliphatic heterocycles. The first-order chi connectivity index (χ1) is 14.5. The summed E-state index contributed by atoms with van der Waals surface area (Å²) in [5, 5.41) is 27.4. The number of aliphatic hydroxyl groups is 1. The summed E-state index contributed by atoms with van der Waals surface area (Å²) in [4.78, 5) is 21.1. The summed E-state index contributed by atoms with van der Waals surface area (Å²) in [7, 11) is 0. The molecule has 2 heterocycles. The number of amides is 1. The Morgan fingerprint density at radius 1 is 1.37 bits per heavy atom. The molecule has 0 bridgehead atoms. The van der Waals surface area contributed by atoms with Gasteiger partial charge in [0, 0.05) is 12.1 Å². The maximum absolute atomic E-state index is 11.8. The number of fused-ring (bicyclic) bond motifs is 1. The van der Waals surface area contributed by atoms with Crippen LogP contribution in [0.2, 0.25) is 0 Å². The van der Waals surface area contributed by atoms with Gasteiger partial charge in [0.05, 0.1) is 22.6 Å². The number of hydrogen-bond acceptors (Lipinski definition) is 6. The van der Waals surface area contributed by atoms with Crippen molar-refractivity contribution in [3.05, 3.63) is 42.0 Å². The van der Waals surface area contributed by atoms with Gasteiger partial charge in [0.2, 0.25) is 5.91 Å². The van der Waals surface area contributed by atoms with E-state index < -0.39 is 6.61 Å². The average Bonchev–Trinajstić information content (AvgIpc) is 3.38. The van der Waals surface area contributed by atoms with Crippen molar-refractivity contribution in [2.75, 3.05) is 19.8 Å². The van der Waals surface area contributed by atoms with Gasteiger partial charge in [-0.15, -0.1) is 0 Å². The van der Waals surface area contributed by atoms with Crippen molar-refractivity contribution < 1.29 is 19.7 Å². The van der Waals surface area contributed by atoms with Gasteiger partial charge in [-0.1, -0.05) is 6.07 Å². The van der Waals surface area contributed by atoms with Gasteiger partial charge in [-0.05, 0) is 43.2 Å². The number of nitrogens with zero attached hydrogens (tertiary/aromatic N) is 2. The number of nitrogens with one attached hydrogen (secondary N) is 2. The molecule has 0 saturated carbocycles. The number of likely N-dealkylation sites (tertiary alicyclic amines) is 1. The molecular weight excluding hydrogens is 386 g/mol. The molecule has 9 nitrogen and oxygen atoms in total. The van der Waals surface area contributed by atoms with Crippen molar-refractivity contribution in [3.63, 3.8) is 0 Å². The van der Waals surface area contributed by atoms with E-state index in [1.165, 1.54) is 0 Å². The van der Waals surface area contributed by atoms with Crippen molar-refractivity contribution >= 4 is 22.8 Å². The number of aromatic amines is 1. The molecule has 9 heteroatoms. The minimum absolute atomic E-state index is 0.0414. The first-order valence-corrected chi connectivity index (χ1v) is 9.67. The Balaban J connectivity index is 1.56. The van der Waals surface area contributed by atoms with E-state index in [1.807, 2.05) is 0 Å². The number of nitrogens with two attached hydrogens (primary N) is 1. The van der Waals surface area contributed by atoms with E-state index in [4.69, 9.17) is 21.0 Å². The number of benzene rings is 2. The highest BCUT2D eigenvalue weighted by Crippen LogP contribution is 2.37. The number of ether oxygens (including phenoxy) is 1. The Hall–Kier alpha value is -3.59. The quantitative estimate of drug-likeness (QED) is 0.308. The van der Waals surface area contributed by atoms with Crippen molar-refractivity contribution in [2.24, 2.45) is 5.73 Å². The average molecular weight is 409 g/mol. The highest BCUT2D eigenvalue weighted by molar-refractivity contribution is 5.98. The lowest BCUT2D eigenvalue weighted by molar-refractivity contribution is -0.135. The molecular formula is C21H23N5O4. The van der Waals surface area contributed by atoms with Gasteiger partial charge in [0.1, 0.15) is 24.9 Å². The second-order valence-corrected chi connectivity index (χ2v) is 7.24. The van der Waals surface area contributed by atoms with Crippen molar-refractivity contribution in [1.82, 2.24) is 14.9 Å². The number of amidine groups is 1. The van der Waals surface area contributed by atoms with Crippen LogP contribution in [0, 0.1) is 5.41 Å². The summed E-state index contributed by atoms with van der Waals surface area (Å²) < 4.78 is 5.82. The Bertz CT molecular complexity index is 1110. The predicted octanol–water partition coefficient (Wildman–Crippen LogP) is 1.58. The molecule has 1 aliphatic rings. The molecule has 3 aromatic rings. The first kappa shape index (κ1) is 19.7. The summed E-state index contributed by atoms with van der Waals surface area (Å²) in [5.74, 6) is 0.347. The number of para-hydroxylation sites is 1. The van der Waals surface area contributed by atoms with Crippen molar-refractivity contribution in [1.29, 1.82) is 5.41 Å². The molecule has 30 heavy (non-hydrogen) atoms. The summed E-state index contributed by atoms with van der Waals surface area (Å²) in [6.07, 6.45) is 1.64. The van der Waals surface area contributed by atoms with Crippen LogP contribution in [0.5, 0.6) is 11.5 Å². The standard InChI is InChI=1S/C21H23N5O4/c22-20(23)12-6-7-15-16(9-12)25-21(24-15)14-4-1-5-17(19(14)29)30-11-13-3-2-8-26(13)18(28)10-27/h1,4-7,9,13,27,29H,2-3,8,10-11H2,(H3,22,23)(H,24,25). The maximum Gasteiger partial charge on any atom is 0.248 e. The van der Waals surface area contributed by atoms with Gasteiger partial charge in [-0.3, -0.25) is 10.2 Å². The summed E-state index contributed by atoms with van der Waals surface area (Å²) in [5.41, 5.74) is 7.97. The molecule has 6 N–H and O–H groups in total. The van der Waals surface area contributed by atoms with E-state index in [1.54, 1.807) is 41.3 Å². The molecule has 156 valence electrons. The first-order valence-electron chi connectivity index (χ1n) is 9.67. The minimum Gasteiger partial charge on any atom is -0.504 e. The lowest BCUT2D eigenvalue weighted by Gasteiger charge is -2.24. The zero-order valence-electron chi connectivity index (χ0n) is 16.3. The fraction of sp³-hybridized carbons (Fsp3) is 0.286. The number of carbonyl (C=O) groups is 1. The number of nitrogen functional groups attached to an aromatic ring is 1. The van der Waals surface area contributed by atoms with Gasteiger partial charge in [0.15, 0.2) is 11.5 Å². The van der Waals surface area contributed by atoms with Crippen LogP contribution in [-0.4, -0.2) is 62.6 Å². The Labute approximate surface area is 172 Å². The fourth-order valence-electron chi connectivity index (χ4n) is 3.74. The van der Waals surface area contributed by atoms with Crippen LogP contribution >= 0.6 is 0 Å². The molecule has 0 radical (unpaired) electrons. The van der Waals surface area contributed by atoms with E-state index in [2.05, 4.69) is 9.97 Å². The second kappa shape index (κ2) is 8.03. The summed E-state index contributed by atoms with van der Waals surface area (Å²) in [6, 6.07) is 10.2. The van der Waals surface area contributed by atoms with Gasteiger partial charge >= 0.3 is 0 Å². The molecule has 1 aromatic heterocycles. The molecule has 1 fully saturated rings. The van der Waals surface area contributed by atoms with Crippen LogP contribution in [-0.2, 0) is 4.79 Å². The maximum atomic E-state index is 11.8. The molecule has 2 aromatic carbocycles. The monoisotopic (exact) mass is 409 g/mol. The zero-order valence-corrected chi connectivity index (χ0v) is 16.3. The number of phenols is 1. The van der Waals surface area contributed by atoms with E-state index in [0.29, 0.717) is 34.8 Å². The topological polar surface area (TPSA) is 149 Å². The molecule has 1 saturated heterocycles. The molecule has 1 atom stereocenters. The van der Waals surface area contributed by atoms with E-state index in [0.717, 1.165) is 18.4 Å². The number of aliphatic hydroxyl groups excluding tert-OH is 1. The molecule has 0 aliphatic carbocycles. The van der Waals surface area contributed by atoms with Crippen LogP contribution in [0.15, 0.2) is 36.4 Å². The van der Waals surface area contributed by atoms with Gasteiger partial charge < -0.3 is 30.6 Å². The lowest BCUT2D eigenvalue weighted by Crippen LogP contribution is -2.40. The highest BCUT2D eigenvalue weighted by Gasteiger charge is 2.29. The number of aromatic nitrogens is 2. The smallest absolute Gasteiger partial charge is 0.248 e. The molecule has 0 spiro atoms. The zero-order chi connectivity index (χ0) is 21.3. The summed E-state index contributed by atoms with van der Waals surface area (Å²) >= 11 is 0. The number of aromatic hydroxyl groups is 1. The number of phenolic OH excluding ortho intramolecular Hbond substituents is 1. The van der Waals surface area contributed by atoms with Crippen molar-refractivity contribution in [3.8, 4) is 22.9 Å². The van der Waals surface area contributed by atoms with Crippen LogP contribution in [0.3, 0.4) is 0 Å². The van der Waals surface area contributed by atoms with E-state index in [9.17, 15) is 9.90 Å². The number of H-pyrrole nitrogens is 1. The van der Waals surface area contributed by atoms with Gasteiger partial charge in [-0.25, -0.2) is 4.98 Å². The number of rotatable bonds is 6. The molecule has 1 unspecified atom stereocenters. The van der Waals surface area contributed by atoms with Crippen LogP contribution < -0.4 is 10.5 Å². The Morgan fingerprint density at radius 3 is 2.97 bits per heavy atom. The third-order valence-electron chi connectivity index (χ3n) is 5.31. The van der Waals surface area contributed by atoms with Crippen LogP contribution in [0.4, 0.5) is 0 Å². The molecule has 4 rings (SSSR count). The normalized spacial score (nSPS) is 16.2. The van der Waals surface area contributed by atoms with Crippen molar-refractivity contribution in [2.45, 2.75) is 18.9 Å². The Morgan fingerprint density at radius 2 is 2.20 bits per heavy atom. The third kappa shape index (κ3) is 3.67. The van der Waals surface area contributed by atoms with Gasteiger partial charge in [-0.2, -0.15) is 0 Å². The largest absolute Gasteiger partial charge is 0.504 e. The highest BCUT2D eigenvalue weighted by atomic mass is 16.5. The lowest BCUT2D eigenvalue weighted by atomic mass is 10.1. The van der Waals surface area contributed by atoms with E-state index in [-0.39, 0.29) is 30.1 Å². The van der Waals surface area contributed by atoms with Crippen LogP contribution in [0.25, 0.3) is 22.4 Å². The van der Waals surface area contributed by atoms with Crippen LogP contribution in [0.1, 0.15) is 18.4 Å². The summed E-state index contributed by atoms with van der Waals surface area (Å²) in [6.45, 7) is 0.306. The third-order valence-corrected chi connectivity index (χ3v) is 5.31. The molecule has 1 amide bonds. The van der Waals surface area contributed by atoms with Gasteiger partial charge in [0.25, 0.3) is 0 Å². The number of carbonyl (C=O) groups excluding carboxylic acids is 1.